The van der Waals surface area contributed by atoms with Gasteiger partial charge < -0.3 is 5.32 Å². The molecule has 1 aliphatic rings. The summed E-state index contributed by atoms with van der Waals surface area (Å²) in [6, 6.07) is 0. The summed E-state index contributed by atoms with van der Waals surface area (Å²) < 4.78 is 1.67. The molecule has 1 saturated heterocycles. The molecule has 6 nitrogen and oxygen atoms in total. The molecule has 1 aromatic rings. The van der Waals surface area contributed by atoms with Gasteiger partial charge in [-0.15, -0.1) is 0 Å². The Bertz CT molecular complexity index is 450. The lowest BCUT2D eigenvalue weighted by Crippen LogP contribution is -2.27. The van der Waals surface area contributed by atoms with Gasteiger partial charge in [-0.05, 0) is 32.4 Å². The monoisotopic (exact) mass is 279 g/mol. The molecule has 1 unspecified atom stereocenters. The van der Waals surface area contributed by atoms with Gasteiger partial charge in [0, 0.05) is 18.9 Å². The highest BCUT2D eigenvalue weighted by atomic mass is 16.2. The van der Waals surface area contributed by atoms with Crippen molar-refractivity contribution in [1.29, 1.82) is 0 Å². The van der Waals surface area contributed by atoms with Gasteiger partial charge in [-0.1, -0.05) is 20.3 Å². The van der Waals surface area contributed by atoms with E-state index in [1.165, 1.54) is 0 Å². The third kappa shape index (κ3) is 3.56. The van der Waals surface area contributed by atoms with Crippen LogP contribution >= 0.6 is 0 Å². The minimum Gasteiger partial charge on any atom is -0.317 e. The average molecular weight is 279 g/mol. The fraction of sp³-hybridized carbons (Fsp3) is 0.786. The second-order valence-electron chi connectivity index (χ2n) is 5.62. The molecule has 2 N–H and O–H groups in total. The number of piperidine rings is 1. The number of hydrogen-bond donors (Lipinski definition) is 2. The first-order valence-corrected chi connectivity index (χ1v) is 7.54. The lowest BCUT2D eigenvalue weighted by atomic mass is 9.98. The van der Waals surface area contributed by atoms with E-state index >= 15 is 0 Å². The van der Waals surface area contributed by atoms with Gasteiger partial charge in [-0.3, -0.25) is 10.1 Å². The van der Waals surface area contributed by atoms with E-state index in [2.05, 4.69) is 27.6 Å². The standard InChI is InChI=1S/C14H25N5O/c1-4-5-10(2)13(20)17-14-16-12(18-19(14)3)11-6-8-15-9-7-11/h10-11,15H,4-9H2,1-3H3,(H,16,17,18,20). The van der Waals surface area contributed by atoms with Crippen molar-refractivity contribution in [3.05, 3.63) is 5.82 Å². The van der Waals surface area contributed by atoms with Crippen molar-refractivity contribution in [3.63, 3.8) is 0 Å². The third-order valence-corrected chi connectivity index (χ3v) is 3.89. The maximum absolute atomic E-state index is 12.0. The zero-order valence-electron chi connectivity index (χ0n) is 12.6. The first-order chi connectivity index (χ1) is 9.61. The summed E-state index contributed by atoms with van der Waals surface area (Å²) in [4.78, 5) is 16.5. The average Bonchev–Trinajstić information content (AvgIpc) is 2.81. The van der Waals surface area contributed by atoms with E-state index in [-0.39, 0.29) is 11.8 Å². The Hall–Kier alpha value is -1.43. The number of hydrogen-bond acceptors (Lipinski definition) is 4. The van der Waals surface area contributed by atoms with Crippen LogP contribution in [0.3, 0.4) is 0 Å². The number of amides is 1. The molecule has 0 aromatic carbocycles. The van der Waals surface area contributed by atoms with E-state index < -0.39 is 0 Å². The van der Waals surface area contributed by atoms with Crippen LogP contribution in [0.1, 0.15) is 51.3 Å². The summed E-state index contributed by atoms with van der Waals surface area (Å²) in [5.41, 5.74) is 0. The van der Waals surface area contributed by atoms with Gasteiger partial charge in [-0.2, -0.15) is 10.1 Å². The Morgan fingerprint density at radius 3 is 2.85 bits per heavy atom. The normalized spacial score (nSPS) is 17.9. The molecule has 6 heteroatoms. The Morgan fingerprint density at radius 2 is 2.20 bits per heavy atom. The minimum absolute atomic E-state index is 0.0130. The largest absolute Gasteiger partial charge is 0.317 e. The highest BCUT2D eigenvalue weighted by Crippen LogP contribution is 2.23. The van der Waals surface area contributed by atoms with Gasteiger partial charge in [0.25, 0.3) is 0 Å². The predicted molar refractivity (Wildman–Crippen MR) is 78.5 cm³/mol. The SMILES string of the molecule is CCCC(C)C(=O)Nc1nc(C2CCNCC2)nn1C. The molecule has 0 aliphatic carbocycles. The number of rotatable bonds is 5. The first-order valence-electron chi connectivity index (χ1n) is 7.54. The van der Waals surface area contributed by atoms with Crippen LogP contribution < -0.4 is 10.6 Å². The molecule has 2 heterocycles. The number of aromatic nitrogens is 3. The summed E-state index contributed by atoms with van der Waals surface area (Å²) in [6.45, 7) is 6.06. The topological polar surface area (TPSA) is 71.8 Å². The van der Waals surface area contributed by atoms with E-state index in [0.717, 1.165) is 44.6 Å². The van der Waals surface area contributed by atoms with Gasteiger partial charge >= 0.3 is 0 Å². The van der Waals surface area contributed by atoms with E-state index in [1.54, 1.807) is 4.68 Å². The Morgan fingerprint density at radius 1 is 1.50 bits per heavy atom. The molecule has 0 spiro atoms. The maximum Gasteiger partial charge on any atom is 0.229 e. The molecule has 0 radical (unpaired) electrons. The maximum atomic E-state index is 12.0. The van der Waals surface area contributed by atoms with Crippen molar-refractivity contribution in [2.45, 2.75) is 45.4 Å². The van der Waals surface area contributed by atoms with Gasteiger partial charge in [0.1, 0.15) is 0 Å². The van der Waals surface area contributed by atoms with Gasteiger partial charge in [-0.25, -0.2) is 4.68 Å². The van der Waals surface area contributed by atoms with Gasteiger partial charge in [0.05, 0.1) is 0 Å². The van der Waals surface area contributed by atoms with Crippen LogP contribution in [0.2, 0.25) is 0 Å². The third-order valence-electron chi connectivity index (χ3n) is 3.89. The van der Waals surface area contributed by atoms with Crippen molar-refractivity contribution in [2.75, 3.05) is 18.4 Å². The quantitative estimate of drug-likeness (QED) is 0.860. The van der Waals surface area contributed by atoms with E-state index in [0.29, 0.717) is 11.9 Å². The van der Waals surface area contributed by atoms with Gasteiger partial charge in [0.2, 0.25) is 11.9 Å². The zero-order chi connectivity index (χ0) is 14.5. The van der Waals surface area contributed by atoms with Crippen LogP contribution in [0, 0.1) is 5.92 Å². The number of nitrogens with one attached hydrogen (secondary N) is 2. The number of carbonyl (C=O) groups excluding carboxylic acids is 1. The zero-order valence-corrected chi connectivity index (χ0v) is 12.6. The molecule has 20 heavy (non-hydrogen) atoms. The predicted octanol–water partition coefficient (Wildman–Crippen LogP) is 1.66. The Balaban J connectivity index is 2.01. The summed E-state index contributed by atoms with van der Waals surface area (Å²) in [6.07, 6.45) is 4.02. The van der Waals surface area contributed by atoms with Crippen molar-refractivity contribution in [1.82, 2.24) is 20.1 Å². The molecule has 112 valence electrons. The fourth-order valence-electron chi connectivity index (χ4n) is 2.56. The van der Waals surface area contributed by atoms with Crippen molar-refractivity contribution in [3.8, 4) is 0 Å². The number of aryl methyl sites for hydroxylation is 1. The first kappa shape index (κ1) is 15.0. The molecular formula is C14H25N5O. The summed E-state index contributed by atoms with van der Waals surface area (Å²) in [5.74, 6) is 1.86. The molecule has 0 saturated carbocycles. The Labute approximate surface area is 120 Å². The molecule has 1 aromatic heterocycles. The van der Waals surface area contributed by atoms with Gasteiger partial charge in [0.15, 0.2) is 5.82 Å². The molecule has 0 bridgehead atoms. The second-order valence-corrected chi connectivity index (χ2v) is 5.62. The fourth-order valence-corrected chi connectivity index (χ4v) is 2.56. The van der Waals surface area contributed by atoms with Crippen LogP contribution in [0.4, 0.5) is 5.95 Å². The molecule has 1 amide bonds. The van der Waals surface area contributed by atoms with E-state index in [4.69, 9.17) is 0 Å². The van der Waals surface area contributed by atoms with Crippen molar-refractivity contribution in [2.24, 2.45) is 13.0 Å². The lowest BCUT2D eigenvalue weighted by Gasteiger charge is -2.19. The molecule has 1 fully saturated rings. The second kappa shape index (κ2) is 6.83. The highest BCUT2D eigenvalue weighted by Gasteiger charge is 2.22. The number of anilines is 1. The smallest absolute Gasteiger partial charge is 0.229 e. The number of nitrogens with zero attached hydrogens (tertiary/aromatic N) is 3. The summed E-state index contributed by atoms with van der Waals surface area (Å²) in [7, 11) is 1.83. The van der Waals surface area contributed by atoms with E-state index in [9.17, 15) is 4.79 Å². The molecule has 2 rings (SSSR count). The van der Waals surface area contributed by atoms with Crippen LogP contribution in [0.5, 0.6) is 0 Å². The van der Waals surface area contributed by atoms with Crippen LogP contribution in [0.15, 0.2) is 0 Å². The molecule has 1 atom stereocenters. The minimum atomic E-state index is 0.0130. The lowest BCUT2D eigenvalue weighted by molar-refractivity contribution is -0.119. The van der Waals surface area contributed by atoms with Crippen molar-refractivity contribution >= 4 is 11.9 Å². The molecular weight excluding hydrogens is 254 g/mol. The summed E-state index contributed by atoms with van der Waals surface area (Å²) in [5, 5.41) is 10.7. The van der Waals surface area contributed by atoms with Crippen LogP contribution in [0.25, 0.3) is 0 Å². The highest BCUT2D eigenvalue weighted by molar-refractivity contribution is 5.90. The summed E-state index contributed by atoms with van der Waals surface area (Å²) >= 11 is 0. The van der Waals surface area contributed by atoms with Crippen molar-refractivity contribution < 1.29 is 4.79 Å². The van der Waals surface area contributed by atoms with Crippen LogP contribution in [-0.4, -0.2) is 33.8 Å². The van der Waals surface area contributed by atoms with Crippen LogP contribution in [-0.2, 0) is 11.8 Å². The van der Waals surface area contributed by atoms with E-state index in [1.807, 2.05) is 14.0 Å². The Kier molecular flexibility index (Phi) is 5.11. The number of carbonyl (C=O) groups is 1. The molecule has 1 aliphatic heterocycles.